The lowest BCUT2D eigenvalue weighted by atomic mass is 9.83. The number of hydrogen-bond donors (Lipinski definition) is 2. The summed E-state index contributed by atoms with van der Waals surface area (Å²) in [6, 6.07) is 9.33. The van der Waals surface area contributed by atoms with E-state index in [9.17, 15) is 14.4 Å². The van der Waals surface area contributed by atoms with E-state index in [-0.39, 0.29) is 18.2 Å². The normalized spacial score (nSPS) is 15.4. The van der Waals surface area contributed by atoms with E-state index in [1.54, 1.807) is 0 Å². The number of amides is 4. The van der Waals surface area contributed by atoms with Crippen molar-refractivity contribution in [1.82, 2.24) is 20.4 Å². The van der Waals surface area contributed by atoms with Gasteiger partial charge in [-0.1, -0.05) is 30.3 Å². The van der Waals surface area contributed by atoms with Gasteiger partial charge in [-0.15, -0.1) is 0 Å². The molecule has 1 aliphatic heterocycles. The van der Waals surface area contributed by atoms with Crippen LogP contribution in [0.15, 0.2) is 30.3 Å². The SMILES string of the molecule is CNC(=O)NC(=O)CCN1CCN(C(=O)C(C)(C)c2ccccc2)CC1. The van der Waals surface area contributed by atoms with Gasteiger partial charge in [0.05, 0.1) is 5.41 Å². The van der Waals surface area contributed by atoms with Crippen LogP contribution in [0, 0.1) is 0 Å². The Hall–Kier alpha value is -2.41. The Morgan fingerprint density at radius 2 is 1.65 bits per heavy atom. The molecule has 0 aliphatic carbocycles. The van der Waals surface area contributed by atoms with Gasteiger partial charge in [0.2, 0.25) is 11.8 Å². The number of nitrogens with one attached hydrogen (secondary N) is 2. The molecule has 1 fully saturated rings. The van der Waals surface area contributed by atoms with Crippen molar-refractivity contribution in [2.75, 3.05) is 39.8 Å². The van der Waals surface area contributed by atoms with Gasteiger partial charge in [0.25, 0.3) is 0 Å². The zero-order chi connectivity index (χ0) is 19.2. The molecule has 7 heteroatoms. The molecule has 1 aromatic carbocycles. The summed E-state index contributed by atoms with van der Waals surface area (Å²) in [5.74, 6) is -0.172. The van der Waals surface area contributed by atoms with Gasteiger partial charge in [0.1, 0.15) is 0 Å². The lowest BCUT2D eigenvalue weighted by Crippen LogP contribution is -2.53. The van der Waals surface area contributed by atoms with Crippen molar-refractivity contribution in [2.24, 2.45) is 0 Å². The van der Waals surface area contributed by atoms with Gasteiger partial charge in [0, 0.05) is 46.2 Å². The van der Waals surface area contributed by atoms with Crippen LogP contribution in [0.2, 0.25) is 0 Å². The molecule has 1 aromatic rings. The van der Waals surface area contributed by atoms with Gasteiger partial charge in [0.15, 0.2) is 0 Å². The zero-order valence-corrected chi connectivity index (χ0v) is 15.7. The van der Waals surface area contributed by atoms with E-state index in [1.807, 2.05) is 49.1 Å². The summed E-state index contributed by atoms with van der Waals surface area (Å²) < 4.78 is 0. The van der Waals surface area contributed by atoms with E-state index in [0.29, 0.717) is 19.6 Å². The number of nitrogens with zero attached hydrogens (tertiary/aromatic N) is 2. The second-order valence-corrected chi connectivity index (χ2v) is 7.00. The molecular formula is C19H28N4O3. The van der Waals surface area contributed by atoms with Gasteiger partial charge >= 0.3 is 6.03 Å². The van der Waals surface area contributed by atoms with E-state index >= 15 is 0 Å². The number of benzene rings is 1. The minimum Gasteiger partial charge on any atom is -0.341 e. The maximum Gasteiger partial charge on any atom is 0.321 e. The molecule has 0 unspecified atom stereocenters. The van der Waals surface area contributed by atoms with E-state index in [0.717, 1.165) is 18.7 Å². The fourth-order valence-corrected chi connectivity index (χ4v) is 3.06. The molecule has 1 saturated heterocycles. The van der Waals surface area contributed by atoms with Crippen molar-refractivity contribution in [3.63, 3.8) is 0 Å². The smallest absolute Gasteiger partial charge is 0.321 e. The highest BCUT2D eigenvalue weighted by molar-refractivity contribution is 5.94. The van der Waals surface area contributed by atoms with Crippen molar-refractivity contribution in [3.8, 4) is 0 Å². The Balaban J connectivity index is 1.81. The number of carbonyl (C=O) groups excluding carboxylic acids is 3. The first-order valence-corrected chi connectivity index (χ1v) is 8.93. The third kappa shape index (κ3) is 5.05. The maximum absolute atomic E-state index is 12.9. The summed E-state index contributed by atoms with van der Waals surface area (Å²) >= 11 is 0. The molecule has 2 rings (SSSR count). The number of rotatable bonds is 5. The number of urea groups is 1. The average Bonchev–Trinajstić information content (AvgIpc) is 2.66. The molecule has 4 amide bonds. The van der Waals surface area contributed by atoms with Gasteiger partial charge in [-0.25, -0.2) is 4.79 Å². The van der Waals surface area contributed by atoms with E-state index in [1.165, 1.54) is 7.05 Å². The molecule has 0 atom stereocenters. The van der Waals surface area contributed by atoms with Crippen LogP contribution in [0.25, 0.3) is 0 Å². The number of carbonyl (C=O) groups is 3. The van der Waals surface area contributed by atoms with Crippen LogP contribution < -0.4 is 10.6 Å². The van der Waals surface area contributed by atoms with Crippen molar-refractivity contribution in [1.29, 1.82) is 0 Å². The Labute approximate surface area is 154 Å². The van der Waals surface area contributed by atoms with Crippen LogP contribution in [0.1, 0.15) is 25.8 Å². The summed E-state index contributed by atoms with van der Waals surface area (Å²) in [6.45, 7) is 7.24. The molecule has 0 bridgehead atoms. The first kappa shape index (κ1) is 19.9. The highest BCUT2D eigenvalue weighted by Gasteiger charge is 2.34. The Bertz CT molecular complexity index is 637. The van der Waals surface area contributed by atoms with Crippen LogP contribution in [0.4, 0.5) is 4.79 Å². The van der Waals surface area contributed by atoms with Gasteiger partial charge in [-0.05, 0) is 19.4 Å². The molecule has 7 nitrogen and oxygen atoms in total. The molecule has 1 heterocycles. The van der Waals surface area contributed by atoms with Crippen LogP contribution in [-0.4, -0.2) is 67.4 Å². The van der Waals surface area contributed by atoms with Crippen LogP contribution in [0.5, 0.6) is 0 Å². The lowest BCUT2D eigenvalue weighted by Gasteiger charge is -2.38. The average molecular weight is 360 g/mol. The minimum absolute atomic E-state index is 0.126. The van der Waals surface area contributed by atoms with Crippen molar-refractivity contribution >= 4 is 17.8 Å². The summed E-state index contributed by atoms with van der Waals surface area (Å²) in [5, 5.41) is 4.61. The molecule has 0 spiro atoms. The molecule has 2 N–H and O–H groups in total. The van der Waals surface area contributed by atoms with Crippen LogP contribution in [0.3, 0.4) is 0 Å². The zero-order valence-electron chi connectivity index (χ0n) is 15.7. The second-order valence-electron chi connectivity index (χ2n) is 7.00. The molecule has 142 valence electrons. The van der Waals surface area contributed by atoms with Crippen LogP contribution in [-0.2, 0) is 15.0 Å². The predicted octanol–water partition coefficient (Wildman–Crippen LogP) is 0.954. The van der Waals surface area contributed by atoms with Gasteiger partial charge in [-0.2, -0.15) is 0 Å². The van der Waals surface area contributed by atoms with Crippen molar-refractivity contribution in [3.05, 3.63) is 35.9 Å². The predicted molar refractivity (Wildman–Crippen MR) is 99.7 cm³/mol. The van der Waals surface area contributed by atoms with Crippen molar-refractivity contribution in [2.45, 2.75) is 25.7 Å². The summed E-state index contributed by atoms with van der Waals surface area (Å²) in [4.78, 5) is 39.7. The third-order valence-corrected chi connectivity index (χ3v) is 4.82. The molecule has 0 saturated carbocycles. The third-order valence-electron chi connectivity index (χ3n) is 4.82. The molecule has 0 aromatic heterocycles. The topological polar surface area (TPSA) is 81.8 Å². The van der Waals surface area contributed by atoms with Crippen LogP contribution >= 0.6 is 0 Å². The molecule has 1 aliphatic rings. The standard InChI is InChI=1S/C19H28N4O3/c1-19(2,15-7-5-4-6-8-15)17(25)23-13-11-22(12-14-23)10-9-16(24)21-18(26)20-3/h4-8H,9-14H2,1-3H3,(H2,20,21,24,26). The molecule has 26 heavy (non-hydrogen) atoms. The summed E-state index contributed by atoms with van der Waals surface area (Å²) in [5.41, 5.74) is 0.454. The highest BCUT2D eigenvalue weighted by atomic mass is 16.2. The summed E-state index contributed by atoms with van der Waals surface area (Å²) in [6.07, 6.45) is 0.261. The fraction of sp³-hybridized carbons (Fsp3) is 0.526. The van der Waals surface area contributed by atoms with Crippen molar-refractivity contribution < 1.29 is 14.4 Å². The number of piperazine rings is 1. The lowest BCUT2D eigenvalue weighted by molar-refractivity contribution is -0.138. The molecular weight excluding hydrogens is 332 g/mol. The van der Waals surface area contributed by atoms with Gasteiger partial charge in [-0.3, -0.25) is 19.8 Å². The maximum atomic E-state index is 12.9. The van der Waals surface area contributed by atoms with Gasteiger partial charge < -0.3 is 10.2 Å². The Morgan fingerprint density at radius 3 is 2.23 bits per heavy atom. The first-order chi connectivity index (χ1) is 12.3. The highest BCUT2D eigenvalue weighted by Crippen LogP contribution is 2.26. The Morgan fingerprint density at radius 1 is 1.04 bits per heavy atom. The van der Waals surface area contributed by atoms with E-state index in [2.05, 4.69) is 15.5 Å². The molecule has 0 radical (unpaired) electrons. The summed E-state index contributed by atoms with van der Waals surface area (Å²) in [7, 11) is 1.47. The largest absolute Gasteiger partial charge is 0.341 e. The monoisotopic (exact) mass is 360 g/mol. The minimum atomic E-state index is -0.559. The van der Waals surface area contributed by atoms with E-state index < -0.39 is 11.4 Å². The number of imide groups is 1. The first-order valence-electron chi connectivity index (χ1n) is 8.93. The van der Waals surface area contributed by atoms with E-state index in [4.69, 9.17) is 0 Å². The number of hydrogen-bond acceptors (Lipinski definition) is 4. The quantitative estimate of drug-likeness (QED) is 0.819. The fourth-order valence-electron chi connectivity index (χ4n) is 3.06. The second kappa shape index (κ2) is 8.80. The Kier molecular flexibility index (Phi) is 6.74.